The van der Waals surface area contributed by atoms with Gasteiger partial charge in [0.2, 0.25) is 0 Å². The van der Waals surface area contributed by atoms with Crippen molar-refractivity contribution in [2.75, 3.05) is 305 Å². The van der Waals surface area contributed by atoms with Crippen molar-refractivity contribution in [1.29, 1.82) is 0 Å². The molecule has 0 unspecified atom stereocenters. The van der Waals surface area contributed by atoms with E-state index in [0.29, 0.717) is 264 Å². The molecule has 0 saturated carbocycles. The van der Waals surface area contributed by atoms with Crippen molar-refractivity contribution < 1.29 is 94.7 Å². The Morgan fingerprint density at radius 2 is 0.206 bits per heavy atom. The maximum atomic E-state index is 5.63. The van der Waals surface area contributed by atoms with Crippen LogP contribution in [0.1, 0.15) is 0 Å². The van der Waals surface area contributed by atoms with Gasteiger partial charge >= 0.3 is 0 Å². The Morgan fingerprint density at radius 3 is 0.294 bits per heavy atom. The van der Waals surface area contributed by atoms with Gasteiger partial charge in [0, 0.05) is 26.2 Å². The molecule has 0 amide bonds. The lowest BCUT2D eigenvalue weighted by Gasteiger charge is -2.16. The zero-order valence-corrected chi connectivity index (χ0v) is 42.2. The highest BCUT2D eigenvalue weighted by Gasteiger charge is 2.03. The number of nitrogens with zero attached hydrogens (tertiary/aromatic N) is 2. The van der Waals surface area contributed by atoms with E-state index in [1.165, 1.54) is 0 Å². The second kappa shape index (κ2) is 58.7. The molecule has 0 aromatic heterocycles. The Hall–Kier alpha value is -0.880. The van der Waals surface area contributed by atoms with Gasteiger partial charge in [-0.05, 0) is 14.1 Å². The first-order valence-electron chi connectivity index (χ1n) is 24.7. The molecule has 0 aromatic carbocycles. The van der Waals surface area contributed by atoms with Crippen LogP contribution in [0.2, 0.25) is 0 Å². The van der Waals surface area contributed by atoms with Crippen molar-refractivity contribution in [3.05, 3.63) is 0 Å². The summed E-state index contributed by atoms with van der Waals surface area (Å²) in [4.78, 5) is 4.36. The zero-order chi connectivity index (χ0) is 48.4. The van der Waals surface area contributed by atoms with Gasteiger partial charge in [-0.1, -0.05) is 0 Å². The van der Waals surface area contributed by atoms with E-state index in [1.54, 1.807) is 0 Å². The van der Waals surface area contributed by atoms with E-state index in [1.807, 2.05) is 7.05 Å². The third-order valence-electron chi connectivity index (χ3n) is 9.17. The molecular weight excluding hydrogens is 900 g/mol. The lowest BCUT2D eigenvalue weighted by Crippen LogP contribution is -2.28. The molecule has 2 aliphatic rings. The summed E-state index contributed by atoms with van der Waals surface area (Å²) in [6.45, 7) is 25.7. The molecule has 2 fully saturated rings. The molecule has 2 rings (SSSR count). The predicted molar refractivity (Wildman–Crippen MR) is 251 cm³/mol. The summed E-state index contributed by atoms with van der Waals surface area (Å²) >= 11 is 0. The first-order chi connectivity index (χ1) is 33.8. The summed E-state index contributed by atoms with van der Waals surface area (Å²) in [6, 6.07) is 0. The van der Waals surface area contributed by atoms with E-state index in [9.17, 15) is 0 Å². The summed E-state index contributed by atoms with van der Waals surface area (Å²) < 4.78 is 110. The molecule has 68 heavy (non-hydrogen) atoms. The van der Waals surface area contributed by atoms with Gasteiger partial charge < -0.3 is 105 Å². The highest BCUT2D eigenvalue weighted by Crippen LogP contribution is 1.92. The van der Waals surface area contributed by atoms with Crippen molar-refractivity contribution in [2.24, 2.45) is 0 Å². The number of likely N-dealkylation sites (N-methyl/N-ethyl adjacent to an activating group) is 2. The van der Waals surface area contributed by atoms with E-state index in [0.717, 1.165) is 26.2 Å². The second-order valence-corrected chi connectivity index (χ2v) is 14.9. The van der Waals surface area contributed by atoms with E-state index >= 15 is 0 Å². The quantitative estimate of drug-likeness (QED) is 0.320. The topological polar surface area (TPSA) is 191 Å². The Kier molecular flexibility index (Phi) is 56.2. The molecule has 0 N–H and O–H groups in total. The molecule has 2 heterocycles. The second-order valence-electron chi connectivity index (χ2n) is 14.9. The van der Waals surface area contributed by atoms with Gasteiger partial charge in [0.05, 0.1) is 264 Å². The molecule has 408 valence electrons. The fourth-order valence-electron chi connectivity index (χ4n) is 5.27. The van der Waals surface area contributed by atoms with Crippen LogP contribution in [-0.2, 0) is 94.7 Å². The Labute approximate surface area is 408 Å². The average Bonchev–Trinajstić information content (AvgIpc) is 3.34. The van der Waals surface area contributed by atoms with Gasteiger partial charge in [-0.2, -0.15) is 0 Å². The predicted octanol–water partition coefficient (Wildman–Crippen LogP) is 0.196. The lowest BCUT2D eigenvalue weighted by atomic mass is 10.5. The molecule has 22 nitrogen and oxygen atoms in total. The summed E-state index contributed by atoms with van der Waals surface area (Å²) in [5, 5.41) is 0. The van der Waals surface area contributed by atoms with Gasteiger partial charge in [-0.3, -0.25) is 0 Å². The normalized spacial score (nSPS) is 24.3. The summed E-state index contributed by atoms with van der Waals surface area (Å²) in [6.07, 6.45) is 0. The van der Waals surface area contributed by atoms with Crippen LogP contribution in [0.15, 0.2) is 0 Å². The minimum Gasteiger partial charge on any atom is -0.378 e. The van der Waals surface area contributed by atoms with Gasteiger partial charge in [0.1, 0.15) is 0 Å². The number of hydrogen-bond donors (Lipinski definition) is 0. The Morgan fingerprint density at radius 1 is 0.132 bits per heavy atom. The third-order valence-corrected chi connectivity index (χ3v) is 9.17. The van der Waals surface area contributed by atoms with Gasteiger partial charge in [-0.25, -0.2) is 0 Å². The largest absolute Gasteiger partial charge is 0.378 e. The summed E-state index contributed by atoms with van der Waals surface area (Å²) in [5.74, 6) is 0. The van der Waals surface area contributed by atoms with Crippen LogP contribution in [0.3, 0.4) is 0 Å². The molecular formula is C46H94N2O20. The SMILES string of the molecule is CN1CCOCCOCCOCCOCCOCCOCCOCC1.CN1CCOCCOCCOCCOCCOCCOCCOCCOCCOCCOCCOCCOCCOCC1. The van der Waals surface area contributed by atoms with Crippen molar-refractivity contribution in [2.45, 2.75) is 0 Å². The number of hydrogen-bond acceptors (Lipinski definition) is 22. The highest BCUT2D eigenvalue weighted by atomic mass is 16.6. The lowest BCUT2D eigenvalue weighted by molar-refractivity contribution is -0.0296. The Bertz CT molecular complexity index is 864. The average molecular weight is 995 g/mol. The van der Waals surface area contributed by atoms with E-state index in [4.69, 9.17) is 94.7 Å². The van der Waals surface area contributed by atoms with Gasteiger partial charge in [-0.15, -0.1) is 0 Å². The molecule has 0 radical (unpaired) electrons. The molecule has 2 aliphatic heterocycles. The van der Waals surface area contributed by atoms with Crippen LogP contribution in [0.25, 0.3) is 0 Å². The first-order valence-corrected chi connectivity index (χ1v) is 24.7. The molecule has 0 aliphatic carbocycles. The third kappa shape index (κ3) is 56.0. The van der Waals surface area contributed by atoms with Crippen molar-refractivity contribution in [3.63, 3.8) is 0 Å². The molecule has 22 heteroatoms. The first kappa shape index (κ1) is 65.1. The van der Waals surface area contributed by atoms with Crippen LogP contribution in [-0.4, -0.2) is 314 Å². The minimum atomic E-state index is 0.517. The van der Waals surface area contributed by atoms with Crippen LogP contribution >= 0.6 is 0 Å². The maximum absolute atomic E-state index is 5.63. The molecule has 2 saturated heterocycles. The van der Waals surface area contributed by atoms with Crippen molar-refractivity contribution in [3.8, 4) is 0 Å². The van der Waals surface area contributed by atoms with Crippen molar-refractivity contribution >= 4 is 0 Å². The molecule has 0 atom stereocenters. The maximum Gasteiger partial charge on any atom is 0.0701 e. The Balaban J connectivity index is 0.000000782. The van der Waals surface area contributed by atoms with Crippen LogP contribution in [0.4, 0.5) is 0 Å². The van der Waals surface area contributed by atoms with E-state index < -0.39 is 0 Å². The fourth-order valence-corrected chi connectivity index (χ4v) is 5.27. The molecule has 0 aromatic rings. The zero-order valence-electron chi connectivity index (χ0n) is 42.2. The minimum absolute atomic E-state index is 0.517. The number of rotatable bonds is 0. The summed E-state index contributed by atoms with van der Waals surface area (Å²) in [7, 11) is 4.11. The monoisotopic (exact) mass is 995 g/mol. The van der Waals surface area contributed by atoms with E-state index in [-0.39, 0.29) is 0 Å². The van der Waals surface area contributed by atoms with Gasteiger partial charge in [0.15, 0.2) is 0 Å². The van der Waals surface area contributed by atoms with Crippen LogP contribution in [0.5, 0.6) is 0 Å². The molecule has 0 spiro atoms. The van der Waals surface area contributed by atoms with E-state index in [2.05, 4.69) is 16.8 Å². The highest BCUT2D eigenvalue weighted by molar-refractivity contribution is 4.51. The molecule has 0 bridgehead atoms. The van der Waals surface area contributed by atoms with Crippen LogP contribution in [0, 0.1) is 0 Å². The van der Waals surface area contributed by atoms with Crippen LogP contribution < -0.4 is 0 Å². The fraction of sp³-hybridized carbons (Fsp3) is 1.00. The summed E-state index contributed by atoms with van der Waals surface area (Å²) in [5.41, 5.74) is 0. The van der Waals surface area contributed by atoms with Gasteiger partial charge in [0.25, 0.3) is 0 Å². The standard InChI is InChI=1S/C29H59NO13.C17H35NO7/c1-30-2-4-31-6-8-33-10-12-35-14-16-37-18-20-39-22-24-41-26-28-43-29-27-42-25-23-40-21-19-38-17-15-36-13-11-34-9-7-32-5-3-30;1-18-2-4-19-6-8-21-10-12-23-14-16-25-17-15-24-13-11-22-9-7-20-5-3-18/h2-29H2,1H3;2-17H2,1H3. The number of ether oxygens (including phenoxy) is 20. The van der Waals surface area contributed by atoms with Crippen molar-refractivity contribution in [1.82, 2.24) is 9.80 Å². The smallest absolute Gasteiger partial charge is 0.0701 e.